The smallest absolute Gasteiger partial charge is 0.119 e. The van der Waals surface area contributed by atoms with Gasteiger partial charge in [0.2, 0.25) is 0 Å². The lowest BCUT2D eigenvalue weighted by Gasteiger charge is -2.33. The highest BCUT2D eigenvalue weighted by Gasteiger charge is 2.27. The number of hydrogen-bond acceptors (Lipinski definition) is 2. The van der Waals surface area contributed by atoms with Crippen LogP contribution < -0.4 is 10.1 Å². The van der Waals surface area contributed by atoms with E-state index < -0.39 is 0 Å². The Morgan fingerprint density at radius 1 is 1.08 bits per heavy atom. The van der Waals surface area contributed by atoms with Crippen molar-refractivity contribution in [1.82, 2.24) is 5.32 Å². The molecule has 0 radical (unpaired) electrons. The van der Waals surface area contributed by atoms with Gasteiger partial charge < -0.3 is 10.1 Å². The Balaban J connectivity index is 1.45. The van der Waals surface area contributed by atoms with Crippen molar-refractivity contribution in [2.24, 2.45) is 11.8 Å². The fraction of sp³-hybridized carbons (Fsp3) is 0.478. The number of hydrogen-bond donors (Lipinski definition) is 1. The molecule has 3 rings (SSSR count). The van der Waals surface area contributed by atoms with Crippen LogP contribution in [0.5, 0.6) is 5.75 Å². The Labute approximate surface area is 152 Å². The highest BCUT2D eigenvalue weighted by Crippen LogP contribution is 2.32. The second kappa shape index (κ2) is 9.05. The maximum atomic E-state index is 6.27. The summed E-state index contributed by atoms with van der Waals surface area (Å²) < 4.78 is 6.27. The molecule has 2 nitrogen and oxygen atoms in total. The molecule has 0 aromatic heterocycles. The van der Waals surface area contributed by atoms with Crippen molar-refractivity contribution in [3.8, 4) is 5.75 Å². The average molecular weight is 338 g/mol. The van der Waals surface area contributed by atoms with Gasteiger partial charge in [-0.05, 0) is 74.2 Å². The van der Waals surface area contributed by atoms with Crippen LogP contribution in [0.1, 0.15) is 43.7 Å². The maximum Gasteiger partial charge on any atom is 0.119 e. The first-order chi connectivity index (χ1) is 12.2. The molecular formula is C23H31NO. The quantitative estimate of drug-likeness (QED) is 0.734. The molecule has 0 amide bonds. The van der Waals surface area contributed by atoms with Crippen molar-refractivity contribution in [3.05, 3.63) is 65.7 Å². The van der Waals surface area contributed by atoms with Crippen LogP contribution in [0.3, 0.4) is 0 Å². The average Bonchev–Trinajstić information content (AvgIpc) is 2.63. The summed E-state index contributed by atoms with van der Waals surface area (Å²) in [4.78, 5) is 0. The van der Waals surface area contributed by atoms with Crippen LogP contribution in [-0.4, -0.2) is 12.6 Å². The third kappa shape index (κ3) is 5.61. The van der Waals surface area contributed by atoms with E-state index in [0.29, 0.717) is 12.0 Å². The number of aryl methyl sites for hydroxylation is 1. The maximum absolute atomic E-state index is 6.27. The monoisotopic (exact) mass is 337 g/mol. The highest BCUT2D eigenvalue weighted by molar-refractivity contribution is 5.27. The second-order valence-corrected chi connectivity index (χ2v) is 7.58. The highest BCUT2D eigenvalue weighted by atomic mass is 16.5. The van der Waals surface area contributed by atoms with E-state index in [4.69, 9.17) is 4.74 Å². The van der Waals surface area contributed by atoms with Crippen LogP contribution in [0.2, 0.25) is 0 Å². The molecule has 1 aliphatic rings. The lowest BCUT2D eigenvalue weighted by Crippen LogP contribution is -2.33. The van der Waals surface area contributed by atoms with E-state index >= 15 is 0 Å². The molecule has 0 saturated heterocycles. The molecule has 2 unspecified atom stereocenters. The van der Waals surface area contributed by atoms with Crippen LogP contribution in [0.4, 0.5) is 0 Å². The largest absolute Gasteiger partial charge is 0.490 e. The van der Waals surface area contributed by atoms with Gasteiger partial charge in [-0.15, -0.1) is 0 Å². The molecule has 2 heteroatoms. The Morgan fingerprint density at radius 3 is 2.72 bits per heavy atom. The van der Waals surface area contributed by atoms with Gasteiger partial charge in [0, 0.05) is 6.54 Å². The van der Waals surface area contributed by atoms with Gasteiger partial charge in [-0.2, -0.15) is 0 Å². The Morgan fingerprint density at radius 2 is 1.92 bits per heavy atom. The minimum atomic E-state index is 0.372. The zero-order valence-corrected chi connectivity index (χ0v) is 15.6. The molecule has 134 valence electrons. The van der Waals surface area contributed by atoms with Crippen molar-refractivity contribution in [2.45, 2.75) is 52.2 Å². The van der Waals surface area contributed by atoms with Crippen molar-refractivity contribution in [3.63, 3.8) is 0 Å². The first kappa shape index (κ1) is 18.0. The summed E-state index contributed by atoms with van der Waals surface area (Å²) in [5.74, 6) is 2.47. The summed E-state index contributed by atoms with van der Waals surface area (Å²) in [5, 5.41) is 3.63. The van der Waals surface area contributed by atoms with Gasteiger partial charge >= 0.3 is 0 Å². The molecule has 1 fully saturated rings. The molecule has 3 atom stereocenters. The summed E-state index contributed by atoms with van der Waals surface area (Å²) in [6, 6.07) is 19.1. The first-order valence-corrected chi connectivity index (χ1v) is 9.68. The van der Waals surface area contributed by atoms with Crippen molar-refractivity contribution < 1.29 is 4.74 Å². The summed E-state index contributed by atoms with van der Waals surface area (Å²) in [7, 11) is 0. The van der Waals surface area contributed by atoms with E-state index in [2.05, 4.69) is 73.8 Å². The Hall–Kier alpha value is -1.80. The number of rotatable bonds is 7. The summed E-state index contributed by atoms with van der Waals surface area (Å²) in [5.41, 5.74) is 2.63. The third-order valence-corrected chi connectivity index (χ3v) is 5.40. The molecular weight excluding hydrogens is 306 g/mol. The van der Waals surface area contributed by atoms with Crippen LogP contribution >= 0.6 is 0 Å². The van der Waals surface area contributed by atoms with E-state index in [1.807, 2.05) is 0 Å². The van der Waals surface area contributed by atoms with Crippen LogP contribution in [0, 0.1) is 18.8 Å². The van der Waals surface area contributed by atoms with Gasteiger partial charge in [0.05, 0.1) is 6.10 Å². The molecule has 1 saturated carbocycles. The van der Waals surface area contributed by atoms with Gasteiger partial charge in [-0.3, -0.25) is 0 Å². The zero-order valence-electron chi connectivity index (χ0n) is 15.6. The summed E-state index contributed by atoms with van der Waals surface area (Å²) in [6.45, 7) is 6.55. The Bertz CT molecular complexity index is 640. The van der Waals surface area contributed by atoms with E-state index in [-0.39, 0.29) is 0 Å². The minimum absolute atomic E-state index is 0.372. The molecule has 1 N–H and O–H groups in total. The Kier molecular flexibility index (Phi) is 6.52. The van der Waals surface area contributed by atoms with E-state index in [9.17, 15) is 0 Å². The number of benzene rings is 2. The SMILES string of the molecule is Cc1cccc(O[C@@H]2CCCC(C(C)CNCc3ccccc3)C2)c1. The fourth-order valence-electron chi connectivity index (χ4n) is 3.89. The molecule has 25 heavy (non-hydrogen) atoms. The molecule has 2 aromatic rings. The molecule has 0 heterocycles. The standard InChI is InChI=1S/C23H31NO/c1-18-8-6-12-22(14-18)25-23-13-7-11-21(15-23)19(2)16-24-17-20-9-4-3-5-10-20/h3-6,8-10,12,14,19,21,23-24H,7,11,13,15-17H2,1-2H3/t19?,21?,23-/m1/s1. The van der Waals surface area contributed by atoms with Gasteiger partial charge in [-0.1, -0.05) is 49.4 Å². The van der Waals surface area contributed by atoms with Gasteiger partial charge in [-0.25, -0.2) is 0 Å². The second-order valence-electron chi connectivity index (χ2n) is 7.58. The van der Waals surface area contributed by atoms with Crippen molar-refractivity contribution >= 4 is 0 Å². The number of ether oxygens (including phenoxy) is 1. The van der Waals surface area contributed by atoms with Crippen molar-refractivity contribution in [2.75, 3.05) is 6.54 Å². The normalized spacial score (nSPS) is 21.7. The van der Waals surface area contributed by atoms with E-state index in [1.54, 1.807) is 0 Å². The predicted octanol–water partition coefficient (Wildman–Crippen LogP) is 5.36. The molecule has 0 aliphatic heterocycles. The lowest BCUT2D eigenvalue weighted by molar-refractivity contribution is 0.102. The van der Waals surface area contributed by atoms with Crippen LogP contribution in [-0.2, 0) is 6.54 Å². The third-order valence-electron chi connectivity index (χ3n) is 5.40. The lowest BCUT2D eigenvalue weighted by atomic mass is 9.79. The van der Waals surface area contributed by atoms with E-state index in [0.717, 1.165) is 24.8 Å². The minimum Gasteiger partial charge on any atom is -0.490 e. The van der Waals surface area contributed by atoms with Crippen molar-refractivity contribution in [1.29, 1.82) is 0 Å². The van der Waals surface area contributed by atoms with Crippen LogP contribution in [0.15, 0.2) is 54.6 Å². The molecule has 0 bridgehead atoms. The topological polar surface area (TPSA) is 21.3 Å². The van der Waals surface area contributed by atoms with Gasteiger partial charge in [0.1, 0.15) is 5.75 Å². The molecule has 2 aromatic carbocycles. The molecule has 0 spiro atoms. The number of nitrogens with one attached hydrogen (secondary N) is 1. The zero-order chi connectivity index (χ0) is 17.5. The fourth-order valence-corrected chi connectivity index (χ4v) is 3.89. The first-order valence-electron chi connectivity index (χ1n) is 9.68. The van der Waals surface area contributed by atoms with Gasteiger partial charge in [0.15, 0.2) is 0 Å². The van der Waals surface area contributed by atoms with E-state index in [1.165, 1.54) is 36.8 Å². The summed E-state index contributed by atoms with van der Waals surface area (Å²) in [6.07, 6.45) is 5.36. The summed E-state index contributed by atoms with van der Waals surface area (Å²) >= 11 is 0. The molecule has 1 aliphatic carbocycles. The predicted molar refractivity (Wildman–Crippen MR) is 105 cm³/mol. The van der Waals surface area contributed by atoms with Gasteiger partial charge in [0.25, 0.3) is 0 Å². The van der Waals surface area contributed by atoms with Crippen LogP contribution in [0.25, 0.3) is 0 Å².